The third-order valence-electron chi connectivity index (χ3n) is 3.31. The van der Waals surface area contributed by atoms with E-state index in [1.165, 1.54) is 0 Å². The third-order valence-corrected chi connectivity index (χ3v) is 3.56. The van der Waals surface area contributed by atoms with Crippen molar-refractivity contribution in [1.82, 2.24) is 10.6 Å². The van der Waals surface area contributed by atoms with Crippen LogP contribution in [0.4, 0.5) is 0 Å². The van der Waals surface area contributed by atoms with Crippen molar-refractivity contribution in [3.05, 3.63) is 70.2 Å². The lowest BCUT2D eigenvalue weighted by atomic mass is 10.1. The van der Waals surface area contributed by atoms with E-state index in [-0.39, 0.29) is 11.8 Å². The number of amides is 2. The predicted molar refractivity (Wildman–Crippen MR) is 91.7 cm³/mol. The molecule has 120 valence electrons. The number of carbonyl (C=O) groups excluding carboxylic acids is 2. The Morgan fingerprint density at radius 2 is 1.39 bits per heavy atom. The molecule has 0 saturated carbocycles. The molecule has 0 aliphatic rings. The molecule has 2 amide bonds. The molecule has 0 aliphatic carbocycles. The summed E-state index contributed by atoms with van der Waals surface area (Å²) in [7, 11) is 0. The summed E-state index contributed by atoms with van der Waals surface area (Å²) >= 11 is 5.82. The number of rotatable bonds is 6. The van der Waals surface area contributed by atoms with Gasteiger partial charge >= 0.3 is 0 Å². The van der Waals surface area contributed by atoms with Crippen molar-refractivity contribution in [2.45, 2.75) is 19.9 Å². The van der Waals surface area contributed by atoms with E-state index in [9.17, 15) is 9.59 Å². The van der Waals surface area contributed by atoms with Crippen LogP contribution in [-0.2, 0) is 6.54 Å². The fraction of sp³-hybridized carbons (Fsp3) is 0.222. The van der Waals surface area contributed by atoms with Gasteiger partial charge in [0.05, 0.1) is 0 Å². The van der Waals surface area contributed by atoms with Gasteiger partial charge in [-0.25, -0.2) is 0 Å². The topological polar surface area (TPSA) is 58.2 Å². The Labute approximate surface area is 140 Å². The first-order valence-electron chi connectivity index (χ1n) is 7.51. The first-order chi connectivity index (χ1) is 11.1. The molecule has 0 bridgehead atoms. The molecule has 0 atom stereocenters. The summed E-state index contributed by atoms with van der Waals surface area (Å²) in [5.74, 6) is -0.305. The third kappa shape index (κ3) is 5.11. The molecule has 4 nitrogen and oxygen atoms in total. The Balaban J connectivity index is 1.92. The molecule has 5 heteroatoms. The molecule has 2 aromatic carbocycles. The van der Waals surface area contributed by atoms with Gasteiger partial charge in [-0.2, -0.15) is 0 Å². The fourth-order valence-corrected chi connectivity index (χ4v) is 2.13. The molecule has 0 aliphatic heterocycles. The minimum atomic E-state index is -0.180. The van der Waals surface area contributed by atoms with E-state index in [4.69, 9.17) is 11.6 Å². The van der Waals surface area contributed by atoms with Crippen LogP contribution >= 0.6 is 11.6 Å². The second kappa shape index (κ2) is 8.34. The monoisotopic (exact) mass is 330 g/mol. The number of nitrogens with one attached hydrogen (secondary N) is 2. The Morgan fingerprint density at radius 3 is 1.91 bits per heavy atom. The minimum absolute atomic E-state index is 0.125. The van der Waals surface area contributed by atoms with Crippen molar-refractivity contribution >= 4 is 23.4 Å². The van der Waals surface area contributed by atoms with Gasteiger partial charge in [0.1, 0.15) is 0 Å². The molecule has 0 aromatic heterocycles. The van der Waals surface area contributed by atoms with Crippen LogP contribution in [0.3, 0.4) is 0 Å². The lowest BCUT2D eigenvalue weighted by Gasteiger charge is -2.07. The van der Waals surface area contributed by atoms with E-state index in [0.717, 1.165) is 12.0 Å². The standard InChI is InChI=1S/C18H19ClN2O2/c1-2-11-20-17(22)14-5-7-15(8-6-14)18(23)21-12-13-3-9-16(19)10-4-13/h3-10H,2,11-12H2,1H3,(H,20,22)(H,21,23). The second-order valence-corrected chi connectivity index (χ2v) is 5.58. The van der Waals surface area contributed by atoms with E-state index >= 15 is 0 Å². The molecular formula is C18H19ClN2O2. The van der Waals surface area contributed by atoms with Crippen LogP contribution in [0.25, 0.3) is 0 Å². The van der Waals surface area contributed by atoms with Crippen molar-refractivity contribution in [3.8, 4) is 0 Å². The average Bonchev–Trinajstić information content (AvgIpc) is 2.59. The summed E-state index contributed by atoms with van der Waals surface area (Å²) in [6.07, 6.45) is 0.886. The molecular weight excluding hydrogens is 312 g/mol. The zero-order chi connectivity index (χ0) is 16.7. The molecule has 2 aromatic rings. The van der Waals surface area contributed by atoms with Crippen LogP contribution in [0.1, 0.15) is 39.6 Å². The summed E-state index contributed by atoms with van der Waals surface area (Å²) in [6.45, 7) is 3.06. The molecule has 0 fully saturated rings. The molecule has 0 heterocycles. The Bertz CT molecular complexity index is 666. The zero-order valence-corrected chi connectivity index (χ0v) is 13.7. The summed E-state index contributed by atoms with van der Waals surface area (Å²) in [5, 5.41) is 6.30. The highest BCUT2D eigenvalue weighted by atomic mass is 35.5. The number of hydrogen-bond donors (Lipinski definition) is 2. The normalized spacial score (nSPS) is 10.2. The largest absolute Gasteiger partial charge is 0.352 e. The van der Waals surface area contributed by atoms with E-state index in [1.54, 1.807) is 36.4 Å². The summed E-state index contributed by atoms with van der Waals surface area (Å²) in [5.41, 5.74) is 2.04. The van der Waals surface area contributed by atoms with Gasteiger partial charge in [-0.15, -0.1) is 0 Å². The number of carbonyl (C=O) groups is 2. The summed E-state index contributed by atoms with van der Waals surface area (Å²) < 4.78 is 0. The quantitative estimate of drug-likeness (QED) is 0.852. The van der Waals surface area contributed by atoms with Crippen molar-refractivity contribution in [1.29, 1.82) is 0 Å². The Hall–Kier alpha value is -2.33. The van der Waals surface area contributed by atoms with Crippen molar-refractivity contribution in [2.75, 3.05) is 6.54 Å². The maximum atomic E-state index is 12.1. The molecule has 0 unspecified atom stereocenters. The van der Waals surface area contributed by atoms with Crippen LogP contribution in [0.5, 0.6) is 0 Å². The van der Waals surface area contributed by atoms with Gasteiger partial charge in [0.2, 0.25) is 0 Å². The lowest BCUT2D eigenvalue weighted by Crippen LogP contribution is -2.25. The number of halogens is 1. The summed E-state index contributed by atoms with van der Waals surface area (Å²) in [6, 6.07) is 13.9. The Morgan fingerprint density at radius 1 is 0.870 bits per heavy atom. The van der Waals surface area contributed by atoms with Crippen LogP contribution < -0.4 is 10.6 Å². The minimum Gasteiger partial charge on any atom is -0.352 e. The molecule has 0 saturated heterocycles. The van der Waals surface area contributed by atoms with Crippen molar-refractivity contribution in [3.63, 3.8) is 0 Å². The van der Waals surface area contributed by atoms with E-state index in [1.807, 2.05) is 19.1 Å². The first-order valence-corrected chi connectivity index (χ1v) is 7.89. The van der Waals surface area contributed by atoms with Crippen molar-refractivity contribution < 1.29 is 9.59 Å². The van der Waals surface area contributed by atoms with Gasteiger partial charge in [-0.05, 0) is 48.4 Å². The van der Waals surface area contributed by atoms with Gasteiger partial charge in [0.15, 0.2) is 0 Å². The lowest BCUT2D eigenvalue weighted by molar-refractivity contribution is 0.0940. The number of hydrogen-bond acceptors (Lipinski definition) is 2. The van der Waals surface area contributed by atoms with Crippen molar-refractivity contribution in [2.24, 2.45) is 0 Å². The van der Waals surface area contributed by atoms with E-state index < -0.39 is 0 Å². The molecule has 2 N–H and O–H groups in total. The zero-order valence-electron chi connectivity index (χ0n) is 12.9. The van der Waals surface area contributed by atoms with Crippen LogP contribution in [-0.4, -0.2) is 18.4 Å². The van der Waals surface area contributed by atoms with Crippen LogP contribution in [0.15, 0.2) is 48.5 Å². The van der Waals surface area contributed by atoms with E-state index in [2.05, 4.69) is 10.6 Å². The molecule has 0 spiro atoms. The first kappa shape index (κ1) is 17.0. The highest BCUT2D eigenvalue weighted by molar-refractivity contribution is 6.30. The molecule has 2 rings (SSSR count). The smallest absolute Gasteiger partial charge is 0.251 e. The summed E-state index contributed by atoms with van der Waals surface area (Å²) in [4.78, 5) is 23.9. The SMILES string of the molecule is CCCNC(=O)c1ccc(C(=O)NCc2ccc(Cl)cc2)cc1. The van der Waals surface area contributed by atoms with Gasteiger partial charge in [0.25, 0.3) is 11.8 Å². The molecule has 0 radical (unpaired) electrons. The Kier molecular flexibility index (Phi) is 6.18. The van der Waals surface area contributed by atoms with Gasteiger partial charge in [-0.3, -0.25) is 9.59 Å². The van der Waals surface area contributed by atoms with Gasteiger partial charge in [0, 0.05) is 29.2 Å². The maximum Gasteiger partial charge on any atom is 0.251 e. The second-order valence-electron chi connectivity index (χ2n) is 5.14. The fourth-order valence-electron chi connectivity index (χ4n) is 2.00. The predicted octanol–water partition coefficient (Wildman–Crippen LogP) is 3.41. The maximum absolute atomic E-state index is 12.1. The van der Waals surface area contributed by atoms with Gasteiger partial charge in [-0.1, -0.05) is 30.7 Å². The number of benzene rings is 2. The van der Waals surface area contributed by atoms with E-state index in [0.29, 0.717) is 29.2 Å². The van der Waals surface area contributed by atoms with Gasteiger partial charge < -0.3 is 10.6 Å². The highest BCUT2D eigenvalue weighted by Crippen LogP contribution is 2.10. The molecule has 23 heavy (non-hydrogen) atoms. The highest BCUT2D eigenvalue weighted by Gasteiger charge is 2.08. The van der Waals surface area contributed by atoms with Crippen LogP contribution in [0.2, 0.25) is 5.02 Å². The van der Waals surface area contributed by atoms with Crippen LogP contribution in [0, 0.1) is 0 Å². The average molecular weight is 331 g/mol.